The number of ether oxygens (including phenoxy) is 3. The molecular weight excluding hydrogens is 436 g/mol. The van der Waals surface area contributed by atoms with E-state index in [1.54, 1.807) is 6.26 Å². The third-order valence-electron chi connectivity index (χ3n) is 11.2. The Hall–Kier alpha value is -1.99. The third-order valence-corrected chi connectivity index (χ3v) is 11.2. The van der Waals surface area contributed by atoms with Crippen molar-refractivity contribution in [2.45, 2.75) is 89.1 Å². The number of carbonyl (C=O) groups excluding carboxylic acids is 3. The molecule has 3 saturated carbocycles. The fourth-order valence-corrected chi connectivity index (χ4v) is 9.79. The molecule has 6 aliphatic rings. The van der Waals surface area contributed by atoms with Crippen molar-refractivity contribution in [2.24, 2.45) is 28.1 Å². The summed E-state index contributed by atoms with van der Waals surface area (Å²) in [6, 6.07) is 3.80. The summed E-state index contributed by atoms with van der Waals surface area (Å²) in [5, 5.41) is 0. The van der Waals surface area contributed by atoms with Gasteiger partial charge in [0.15, 0.2) is 5.78 Å². The van der Waals surface area contributed by atoms with Gasteiger partial charge in [0.1, 0.15) is 29.9 Å². The van der Waals surface area contributed by atoms with E-state index in [0.29, 0.717) is 12.8 Å². The Bertz CT molecular complexity index is 1120. The molecular formula is C27H32O7. The molecule has 3 aliphatic carbocycles. The summed E-state index contributed by atoms with van der Waals surface area (Å²) in [6.45, 7) is 8.58. The lowest BCUT2D eigenvalue weighted by molar-refractivity contribution is -0.211. The number of rotatable bonds is 1. The molecule has 7 heteroatoms. The number of epoxide rings is 1. The van der Waals surface area contributed by atoms with E-state index >= 15 is 0 Å². The highest BCUT2D eigenvalue weighted by Crippen LogP contribution is 2.80. The number of ketones is 2. The lowest BCUT2D eigenvalue weighted by atomic mass is 9.35. The number of hydrogen-bond acceptors (Lipinski definition) is 7. The van der Waals surface area contributed by atoms with E-state index in [-0.39, 0.29) is 54.4 Å². The van der Waals surface area contributed by atoms with Gasteiger partial charge in [-0.2, -0.15) is 0 Å². The minimum atomic E-state index is -0.870. The van der Waals surface area contributed by atoms with E-state index in [0.717, 1.165) is 18.6 Å². The number of Topliss-reactive ketones (excluding diaryl/α,β-unsaturated/α-hetero) is 2. The first-order valence-corrected chi connectivity index (χ1v) is 12.6. The highest BCUT2D eigenvalue weighted by Gasteiger charge is 2.88. The first-order valence-electron chi connectivity index (χ1n) is 12.6. The van der Waals surface area contributed by atoms with Crippen LogP contribution in [0.15, 0.2) is 22.8 Å². The van der Waals surface area contributed by atoms with E-state index in [1.807, 2.05) is 32.9 Å². The maximum atomic E-state index is 14.3. The molecule has 34 heavy (non-hydrogen) atoms. The summed E-state index contributed by atoms with van der Waals surface area (Å²) in [6.07, 6.45) is 3.34. The molecule has 4 heterocycles. The average Bonchev–Trinajstić information content (AvgIpc) is 3.26. The standard InChI is InChI=1S/C27H32O7/c1-23(2)18-11-19(29)25(4)17(26(18)13-32-21(30)12-20(26)33-23)7-8-24(3)14(16-6-5-9-31-16)10-15(28)22-27(24,25)34-22/h5-6,9,14,17-18,20,22H,7-8,10-13H2,1-4H3. The van der Waals surface area contributed by atoms with Gasteiger partial charge in [0.05, 0.1) is 29.8 Å². The lowest BCUT2D eigenvalue weighted by Gasteiger charge is -2.65. The smallest absolute Gasteiger partial charge is 0.308 e. The minimum absolute atomic E-state index is 0.0400. The molecule has 0 amide bonds. The number of hydrogen-bond donors (Lipinski definition) is 0. The molecule has 6 fully saturated rings. The van der Waals surface area contributed by atoms with Gasteiger partial charge in [0, 0.05) is 35.5 Å². The second-order valence-electron chi connectivity index (χ2n) is 12.6. The molecule has 7 rings (SSSR count). The lowest BCUT2D eigenvalue weighted by Crippen LogP contribution is -2.72. The number of cyclic esters (lactones) is 1. The van der Waals surface area contributed by atoms with Crippen molar-refractivity contribution in [3.8, 4) is 0 Å². The van der Waals surface area contributed by atoms with Gasteiger partial charge in [0.2, 0.25) is 0 Å². The van der Waals surface area contributed by atoms with E-state index in [4.69, 9.17) is 18.6 Å². The summed E-state index contributed by atoms with van der Waals surface area (Å²) < 4.78 is 24.6. The molecule has 1 aromatic rings. The Kier molecular flexibility index (Phi) is 3.78. The Morgan fingerprint density at radius 2 is 1.76 bits per heavy atom. The van der Waals surface area contributed by atoms with Crippen LogP contribution in [0.5, 0.6) is 0 Å². The van der Waals surface area contributed by atoms with Crippen LogP contribution >= 0.6 is 0 Å². The molecule has 0 aromatic carbocycles. The van der Waals surface area contributed by atoms with E-state index in [1.165, 1.54) is 0 Å². The maximum absolute atomic E-state index is 14.3. The molecule has 9 unspecified atom stereocenters. The van der Waals surface area contributed by atoms with Crippen LogP contribution in [0.25, 0.3) is 0 Å². The maximum Gasteiger partial charge on any atom is 0.308 e. The monoisotopic (exact) mass is 468 g/mol. The summed E-state index contributed by atoms with van der Waals surface area (Å²) >= 11 is 0. The largest absolute Gasteiger partial charge is 0.469 e. The minimum Gasteiger partial charge on any atom is -0.469 e. The molecule has 0 bridgehead atoms. The van der Waals surface area contributed by atoms with Gasteiger partial charge in [-0.05, 0) is 51.7 Å². The summed E-state index contributed by atoms with van der Waals surface area (Å²) in [5.41, 5.74) is -3.13. The summed E-state index contributed by atoms with van der Waals surface area (Å²) in [4.78, 5) is 39.9. The molecule has 182 valence electrons. The van der Waals surface area contributed by atoms with Gasteiger partial charge in [-0.3, -0.25) is 14.4 Å². The van der Waals surface area contributed by atoms with Gasteiger partial charge in [-0.25, -0.2) is 0 Å². The number of furan rings is 1. The van der Waals surface area contributed by atoms with Crippen molar-refractivity contribution >= 4 is 17.5 Å². The molecule has 0 N–H and O–H groups in total. The van der Waals surface area contributed by atoms with Crippen LogP contribution in [0.2, 0.25) is 0 Å². The number of carbonyl (C=O) groups is 3. The van der Waals surface area contributed by atoms with Gasteiger partial charge in [0.25, 0.3) is 0 Å². The second-order valence-corrected chi connectivity index (χ2v) is 12.6. The Morgan fingerprint density at radius 1 is 0.971 bits per heavy atom. The highest BCUT2D eigenvalue weighted by molar-refractivity contribution is 5.96. The molecule has 3 aliphatic heterocycles. The fraction of sp³-hybridized carbons (Fsp3) is 0.741. The van der Waals surface area contributed by atoms with Gasteiger partial charge < -0.3 is 18.6 Å². The summed E-state index contributed by atoms with van der Waals surface area (Å²) in [7, 11) is 0. The molecule has 0 radical (unpaired) electrons. The Balaban J connectivity index is 1.41. The fourth-order valence-electron chi connectivity index (χ4n) is 9.79. The van der Waals surface area contributed by atoms with Crippen LogP contribution in [0.3, 0.4) is 0 Å². The first kappa shape index (κ1) is 21.3. The topological polar surface area (TPSA) is 95.3 Å². The van der Waals surface area contributed by atoms with Crippen LogP contribution < -0.4 is 0 Å². The van der Waals surface area contributed by atoms with Crippen LogP contribution in [0.1, 0.15) is 71.5 Å². The SMILES string of the molecule is CC1(C)OC2CC(=O)OCC23C1CC(=O)C1(C)C3CCC2(C)C(c3ccco3)CC(=O)C3OC321. The van der Waals surface area contributed by atoms with Crippen molar-refractivity contribution in [1.82, 2.24) is 0 Å². The van der Waals surface area contributed by atoms with Crippen molar-refractivity contribution < 1.29 is 33.0 Å². The molecule has 7 nitrogen and oxygen atoms in total. The molecule has 9 atom stereocenters. The van der Waals surface area contributed by atoms with Crippen LogP contribution in [0.4, 0.5) is 0 Å². The van der Waals surface area contributed by atoms with E-state index < -0.39 is 33.6 Å². The normalized spacial score (nSPS) is 52.6. The van der Waals surface area contributed by atoms with Crippen LogP contribution in [-0.4, -0.2) is 47.6 Å². The van der Waals surface area contributed by atoms with Crippen molar-refractivity contribution in [1.29, 1.82) is 0 Å². The van der Waals surface area contributed by atoms with Crippen molar-refractivity contribution in [3.63, 3.8) is 0 Å². The highest BCUT2D eigenvalue weighted by atomic mass is 16.6. The van der Waals surface area contributed by atoms with Crippen LogP contribution in [0, 0.1) is 28.1 Å². The van der Waals surface area contributed by atoms with Gasteiger partial charge in [-0.15, -0.1) is 0 Å². The van der Waals surface area contributed by atoms with Crippen molar-refractivity contribution in [3.05, 3.63) is 24.2 Å². The average molecular weight is 469 g/mol. The van der Waals surface area contributed by atoms with E-state index in [2.05, 4.69) is 6.92 Å². The van der Waals surface area contributed by atoms with Crippen molar-refractivity contribution in [2.75, 3.05) is 6.61 Å². The molecule has 1 aromatic heterocycles. The Labute approximate surface area is 198 Å². The number of fused-ring (bicyclic) bond motifs is 1. The third kappa shape index (κ3) is 2.05. The van der Waals surface area contributed by atoms with Crippen LogP contribution in [-0.2, 0) is 28.6 Å². The number of esters is 1. The van der Waals surface area contributed by atoms with Gasteiger partial charge >= 0.3 is 5.97 Å². The zero-order chi connectivity index (χ0) is 23.9. The first-order chi connectivity index (χ1) is 16.0. The quantitative estimate of drug-likeness (QED) is 0.459. The van der Waals surface area contributed by atoms with Gasteiger partial charge in [-0.1, -0.05) is 6.92 Å². The zero-order valence-corrected chi connectivity index (χ0v) is 20.2. The molecule has 2 spiro atoms. The second kappa shape index (κ2) is 6.04. The predicted octanol–water partition coefficient (Wildman–Crippen LogP) is 3.60. The Morgan fingerprint density at radius 3 is 2.50 bits per heavy atom. The predicted molar refractivity (Wildman–Crippen MR) is 118 cm³/mol. The molecule has 3 saturated heterocycles. The van der Waals surface area contributed by atoms with E-state index in [9.17, 15) is 14.4 Å². The summed E-state index contributed by atoms with van der Waals surface area (Å²) in [5.74, 6) is 0.502. The zero-order valence-electron chi connectivity index (χ0n) is 20.2.